The highest BCUT2D eigenvalue weighted by Crippen LogP contribution is 2.26. The van der Waals surface area contributed by atoms with Crippen molar-refractivity contribution in [1.82, 2.24) is 20.0 Å². The summed E-state index contributed by atoms with van der Waals surface area (Å²) in [7, 11) is 0. The number of rotatable bonds is 8. The summed E-state index contributed by atoms with van der Waals surface area (Å²) in [6.45, 7) is -0.594. The first kappa shape index (κ1) is 23.7. The topological polar surface area (TPSA) is 131 Å². The van der Waals surface area contributed by atoms with E-state index in [-0.39, 0.29) is 42.0 Å². The maximum Gasteiger partial charge on any atom is 0.269 e. The molecule has 1 aromatic heterocycles. The first-order chi connectivity index (χ1) is 16.2. The molecule has 11 heteroatoms. The molecule has 3 amide bonds. The maximum absolute atomic E-state index is 14.1. The first-order valence-electron chi connectivity index (χ1n) is 10.7. The van der Waals surface area contributed by atoms with E-state index in [9.17, 15) is 23.9 Å². The van der Waals surface area contributed by atoms with E-state index in [4.69, 9.17) is 17.3 Å². The average molecular weight is 488 g/mol. The van der Waals surface area contributed by atoms with Gasteiger partial charge in [-0.1, -0.05) is 41.9 Å². The normalized spacial score (nSPS) is 17.3. The zero-order chi connectivity index (χ0) is 24.4. The van der Waals surface area contributed by atoms with Crippen LogP contribution in [-0.2, 0) is 22.7 Å². The molecule has 1 fully saturated rings. The van der Waals surface area contributed by atoms with Crippen LogP contribution in [0, 0.1) is 5.82 Å². The summed E-state index contributed by atoms with van der Waals surface area (Å²) in [5, 5.41) is 17.0. The number of primary amides is 1. The molecule has 2 aromatic carbocycles. The Balaban J connectivity index is 1.49. The standard InChI is InChI=1S/C23H23ClFN5O4/c24-17-6-3-4-13(21(17)25)10-27-19(32)11-29(14-8-15(31)9-14)20(33)12-30-18-7-2-1-5-16(18)22(28-30)23(26)34/h1-7,14-15,31H,8-12H2,(H2,26,34)(H,27,32)/t14-,15+. The maximum atomic E-state index is 14.1. The highest BCUT2D eigenvalue weighted by Gasteiger charge is 2.36. The second-order valence-electron chi connectivity index (χ2n) is 8.18. The van der Waals surface area contributed by atoms with Gasteiger partial charge in [-0.05, 0) is 25.0 Å². The lowest BCUT2D eigenvalue weighted by Gasteiger charge is -2.40. The van der Waals surface area contributed by atoms with Gasteiger partial charge in [0.25, 0.3) is 5.91 Å². The van der Waals surface area contributed by atoms with Crippen LogP contribution in [0.4, 0.5) is 4.39 Å². The van der Waals surface area contributed by atoms with E-state index in [0.717, 1.165) is 0 Å². The van der Waals surface area contributed by atoms with Crippen molar-refractivity contribution in [2.45, 2.75) is 38.1 Å². The third-order valence-corrected chi connectivity index (χ3v) is 6.14. The van der Waals surface area contributed by atoms with E-state index in [1.165, 1.54) is 21.7 Å². The van der Waals surface area contributed by atoms with Crippen LogP contribution < -0.4 is 11.1 Å². The van der Waals surface area contributed by atoms with Crippen molar-refractivity contribution >= 4 is 40.2 Å². The third-order valence-electron chi connectivity index (χ3n) is 5.85. The van der Waals surface area contributed by atoms with E-state index < -0.39 is 29.6 Å². The van der Waals surface area contributed by atoms with Gasteiger partial charge in [-0.15, -0.1) is 0 Å². The van der Waals surface area contributed by atoms with Crippen molar-refractivity contribution in [1.29, 1.82) is 0 Å². The lowest BCUT2D eigenvalue weighted by atomic mass is 9.88. The van der Waals surface area contributed by atoms with Crippen LogP contribution in [0.5, 0.6) is 0 Å². The number of amides is 3. The van der Waals surface area contributed by atoms with Crippen molar-refractivity contribution in [2.75, 3.05) is 6.54 Å². The van der Waals surface area contributed by atoms with Gasteiger partial charge >= 0.3 is 0 Å². The molecular formula is C23H23ClFN5O4. The number of halogens is 2. The summed E-state index contributed by atoms with van der Waals surface area (Å²) >= 11 is 5.77. The molecule has 0 aliphatic heterocycles. The molecule has 0 unspecified atom stereocenters. The minimum Gasteiger partial charge on any atom is -0.393 e. The Hall–Kier alpha value is -3.50. The van der Waals surface area contributed by atoms with E-state index in [2.05, 4.69) is 10.4 Å². The van der Waals surface area contributed by atoms with Gasteiger partial charge in [-0.25, -0.2) is 4.39 Å². The second-order valence-corrected chi connectivity index (χ2v) is 8.59. The van der Waals surface area contributed by atoms with Gasteiger partial charge in [0.1, 0.15) is 12.4 Å². The second kappa shape index (κ2) is 9.78. The predicted molar refractivity (Wildman–Crippen MR) is 122 cm³/mol. The van der Waals surface area contributed by atoms with E-state index in [0.29, 0.717) is 23.7 Å². The molecule has 0 bridgehead atoms. The molecule has 1 heterocycles. The number of carbonyl (C=O) groups is 3. The lowest BCUT2D eigenvalue weighted by Crippen LogP contribution is -2.53. The van der Waals surface area contributed by atoms with E-state index in [1.807, 2.05) is 0 Å². The summed E-state index contributed by atoms with van der Waals surface area (Å²) in [5.41, 5.74) is 6.25. The number of hydrogen-bond donors (Lipinski definition) is 3. The van der Waals surface area contributed by atoms with Crippen molar-refractivity contribution in [3.63, 3.8) is 0 Å². The van der Waals surface area contributed by atoms with Gasteiger partial charge in [-0.2, -0.15) is 5.10 Å². The molecule has 0 atom stereocenters. The van der Waals surface area contributed by atoms with E-state index in [1.54, 1.807) is 30.3 Å². The molecule has 9 nitrogen and oxygen atoms in total. The fourth-order valence-electron chi connectivity index (χ4n) is 3.97. The quantitative estimate of drug-likeness (QED) is 0.444. The number of hydrogen-bond acceptors (Lipinski definition) is 5. The van der Waals surface area contributed by atoms with Crippen LogP contribution in [0.3, 0.4) is 0 Å². The molecule has 3 aromatic rings. The van der Waals surface area contributed by atoms with Gasteiger partial charge in [0, 0.05) is 23.5 Å². The zero-order valence-electron chi connectivity index (χ0n) is 18.1. The summed E-state index contributed by atoms with van der Waals surface area (Å²) in [5.74, 6) is -2.23. The average Bonchev–Trinajstić information content (AvgIpc) is 3.15. The molecule has 178 valence electrons. The monoisotopic (exact) mass is 487 g/mol. The van der Waals surface area contributed by atoms with Gasteiger partial charge in [-0.3, -0.25) is 19.1 Å². The number of aliphatic hydroxyl groups is 1. The Bertz CT molecular complexity index is 1260. The molecular weight excluding hydrogens is 465 g/mol. The van der Waals surface area contributed by atoms with Crippen LogP contribution >= 0.6 is 11.6 Å². The Labute approximate surface area is 199 Å². The van der Waals surface area contributed by atoms with Crippen LogP contribution in [0.25, 0.3) is 10.9 Å². The molecule has 1 aliphatic carbocycles. The van der Waals surface area contributed by atoms with Crippen LogP contribution in [-0.4, -0.2) is 56.2 Å². The highest BCUT2D eigenvalue weighted by molar-refractivity contribution is 6.30. The molecule has 1 saturated carbocycles. The number of fused-ring (bicyclic) bond motifs is 1. The number of carbonyl (C=O) groups excluding carboxylic acids is 3. The summed E-state index contributed by atoms with van der Waals surface area (Å²) in [6.07, 6.45) is 0.138. The Morgan fingerprint density at radius 3 is 2.65 bits per heavy atom. The van der Waals surface area contributed by atoms with Crippen molar-refractivity contribution in [3.8, 4) is 0 Å². The summed E-state index contributed by atoms with van der Waals surface area (Å²) in [6, 6.07) is 11.0. The van der Waals surface area contributed by atoms with Gasteiger partial charge in [0.15, 0.2) is 5.69 Å². The third kappa shape index (κ3) is 4.87. The minimum atomic E-state index is -0.714. The van der Waals surface area contributed by atoms with Crippen molar-refractivity contribution in [2.24, 2.45) is 5.73 Å². The molecule has 0 saturated heterocycles. The van der Waals surface area contributed by atoms with Crippen molar-refractivity contribution in [3.05, 3.63) is 64.6 Å². The predicted octanol–water partition coefficient (Wildman–Crippen LogP) is 1.60. The minimum absolute atomic E-state index is 0.0474. The Morgan fingerprint density at radius 2 is 1.94 bits per heavy atom. The number of para-hydroxylation sites is 1. The van der Waals surface area contributed by atoms with Gasteiger partial charge in [0.2, 0.25) is 11.8 Å². The first-order valence-corrected chi connectivity index (χ1v) is 11.0. The molecule has 4 N–H and O–H groups in total. The van der Waals surface area contributed by atoms with Crippen molar-refractivity contribution < 1.29 is 23.9 Å². The zero-order valence-corrected chi connectivity index (χ0v) is 18.8. The van der Waals surface area contributed by atoms with Gasteiger partial charge < -0.3 is 21.1 Å². The smallest absolute Gasteiger partial charge is 0.269 e. The fraction of sp³-hybridized carbons (Fsp3) is 0.304. The molecule has 4 rings (SSSR count). The van der Waals surface area contributed by atoms with Crippen LogP contribution in [0.2, 0.25) is 5.02 Å². The molecule has 34 heavy (non-hydrogen) atoms. The highest BCUT2D eigenvalue weighted by atomic mass is 35.5. The Morgan fingerprint density at radius 1 is 1.21 bits per heavy atom. The largest absolute Gasteiger partial charge is 0.393 e. The number of nitrogens with two attached hydrogens (primary N) is 1. The number of benzene rings is 2. The SMILES string of the molecule is NC(=O)c1nn(CC(=O)N(CC(=O)NCc2cccc(Cl)c2F)[C@H]2C[C@@H](O)C2)c2ccccc12. The number of nitrogens with one attached hydrogen (secondary N) is 1. The van der Waals surface area contributed by atoms with Crippen LogP contribution in [0.1, 0.15) is 28.9 Å². The summed E-state index contributed by atoms with van der Waals surface area (Å²) < 4.78 is 15.5. The lowest BCUT2D eigenvalue weighted by molar-refractivity contribution is -0.143. The number of aromatic nitrogens is 2. The summed E-state index contributed by atoms with van der Waals surface area (Å²) in [4.78, 5) is 38.9. The van der Waals surface area contributed by atoms with Gasteiger partial charge in [0.05, 0.1) is 23.2 Å². The molecule has 0 spiro atoms. The van der Waals surface area contributed by atoms with Crippen LogP contribution in [0.15, 0.2) is 42.5 Å². The van der Waals surface area contributed by atoms with E-state index >= 15 is 0 Å². The Kier molecular flexibility index (Phi) is 6.80. The molecule has 0 radical (unpaired) electrons. The number of nitrogens with zero attached hydrogens (tertiary/aromatic N) is 3. The molecule has 1 aliphatic rings. The fourth-order valence-corrected chi connectivity index (χ4v) is 4.17. The number of aliphatic hydroxyl groups excluding tert-OH is 1.